The number of halogens is 2. The second-order valence-corrected chi connectivity index (χ2v) is 5.83. The molecule has 0 saturated heterocycles. The highest BCUT2D eigenvalue weighted by Crippen LogP contribution is 2.26. The first-order chi connectivity index (χ1) is 8.54. The number of hydrogen-bond acceptors (Lipinski definition) is 3. The van der Waals surface area contributed by atoms with E-state index in [1.165, 1.54) is 11.8 Å². The molecule has 1 amide bonds. The minimum atomic E-state index is -0.242. The third-order valence-corrected chi connectivity index (χ3v) is 3.86. The molecular weight excluding hydrogens is 291 g/mol. The number of benzene rings is 1. The zero-order valence-corrected chi connectivity index (χ0v) is 12.1. The van der Waals surface area contributed by atoms with Gasteiger partial charge in [0.05, 0.1) is 22.0 Å². The smallest absolute Gasteiger partial charge is 0.237 e. The van der Waals surface area contributed by atoms with Crippen LogP contribution in [0.2, 0.25) is 10.0 Å². The standard InChI is InChI=1S/C12H12Cl2N2OS/c1-8(18-6-2-5-15)12(17)16-11-7-9(13)3-4-10(11)14/h3-4,7-8H,2,6H2,1H3,(H,16,17). The van der Waals surface area contributed by atoms with E-state index >= 15 is 0 Å². The van der Waals surface area contributed by atoms with Crippen molar-refractivity contribution >= 4 is 46.6 Å². The maximum absolute atomic E-state index is 11.9. The van der Waals surface area contributed by atoms with Crippen molar-refractivity contribution in [3.63, 3.8) is 0 Å². The Balaban J connectivity index is 2.58. The molecule has 1 rings (SSSR count). The number of carbonyl (C=O) groups is 1. The zero-order valence-electron chi connectivity index (χ0n) is 9.74. The van der Waals surface area contributed by atoms with Gasteiger partial charge in [-0.15, -0.1) is 11.8 Å². The summed E-state index contributed by atoms with van der Waals surface area (Å²) in [5, 5.41) is 11.9. The lowest BCUT2D eigenvalue weighted by molar-refractivity contribution is -0.115. The lowest BCUT2D eigenvalue weighted by Gasteiger charge is -2.12. The van der Waals surface area contributed by atoms with Gasteiger partial charge in [-0.3, -0.25) is 4.79 Å². The Labute approximate surface area is 120 Å². The predicted octanol–water partition coefficient (Wildman–Crippen LogP) is 3.97. The van der Waals surface area contributed by atoms with E-state index in [1.54, 1.807) is 25.1 Å². The average Bonchev–Trinajstić information content (AvgIpc) is 2.34. The van der Waals surface area contributed by atoms with Crippen molar-refractivity contribution in [1.82, 2.24) is 0 Å². The van der Waals surface area contributed by atoms with Crippen molar-refractivity contribution in [2.24, 2.45) is 0 Å². The van der Waals surface area contributed by atoms with Gasteiger partial charge in [0.25, 0.3) is 0 Å². The van der Waals surface area contributed by atoms with E-state index in [-0.39, 0.29) is 11.2 Å². The summed E-state index contributed by atoms with van der Waals surface area (Å²) < 4.78 is 0. The summed E-state index contributed by atoms with van der Waals surface area (Å²) in [6.45, 7) is 1.79. The number of thioether (sulfide) groups is 1. The van der Waals surface area contributed by atoms with Crippen molar-refractivity contribution in [3.05, 3.63) is 28.2 Å². The summed E-state index contributed by atoms with van der Waals surface area (Å²) in [6.07, 6.45) is 0.431. The van der Waals surface area contributed by atoms with Crippen molar-refractivity contribution < 1.29 is 4.79 Å². The molecule has 0 aromatic heterocycles. The number of nitrogens with zero attached hydrogens (tertiary/aromatic N) is 1. The van der Waals surface area contributed by atoms with Gasteiger partial charge in [-0.25, -0.2) is 0 Å². The Kier molecular flexibility index (Phi) is 6.34. The van der Waals surface area contributed by atoms with Crippen molar-refractivity contribution in [3.8, 4) is 6.07 Å². The van der Waals surface area contributed by atoms with Crippen LogP contribution < -0.4 is 5.32 Å². The van der Waals surface area contributed by atoms with Crippen LogP contribution in [0.1, 0.15) is 13.3 Å². The molecule has 18 heavy (non-hydrogen) atoms. The van der Waals surface area contributed by atoms with Gasteiger partial charge in [-0.05, 0) is 25.1 Å². The third kappa shape index (κ3) is 4.77. The predicted molar refractivity (Wildman–Crippen MR) is 77.2 cm³/mol. The molecule has 1 N–H and O–H groups in total. The molecule has 0 radical (unpaired) electrons. The zero-order chi connectivity index (χ0) is 13.5. The number of anilines is 1. The van der Waals surface area contributed by atoms with E-state index in [0.29, 0.717) is 27.9 Å². The van der Waals surface area contributed by atoms with Gasteiger partial charge in [-0.2, -0.15) is 5.26 Å². The van der Waals surface area contributed by atoms with E-state index < -0.39 is 0 Å². The van der Waals surface area contributed by atoms with Crippen LogP contribution in [0, 0.1) is 11.3 Å². The molecule has 1 unspecified atom stereocenters. The molecule has 0 heterocycles. The van der Waals surface area contributed by atoms with Crippen LogP contribution in [0.15, 0.2) is 18.2 Å². The largest absolute Gasteiger partial charge is 0.324 e. The molecule has 6 heteroatoms. The topological polar surface area (TPSA) is 52.9 Å². The molecule has 0 bridgehead atoms. The van der Waals surface area contributed by atoms with E-state index in [0.717, 1.165) is 0 Å². The van der Waals surface area contributed by atoms with E-state index in [1.807, 2.05) is 6.07 Å². The first-order valence-electron chi connectivity index (χ1n) is 5.29. The van der Waals surface area contributed by atoms with Crippen LogP contribution >= 0.6 is 35.0 Å². The van der Waals surface area contributed by atoms with Crippen LogP contribution in [0.3, 0.4) is 0 Å². The second kappa shape index (κ2) is 7.52. The molecule has 0 saturated carbocycles. The highest BCUT2D eigenvalue weighted by atomic mass is 35.5. The van der Waals surface area contributed by atoms with Gasteiger partial charge in [-0.1, -0.05) is 23.2 Å². The number of amides is 1. The fourth-order valence-electron chi connectivity index (χ4n) is 1.18. The summed E-state index contributed by atoms with van der Waals surface area (Å²) in [6, 6.07) is 6.93. The minimum absolute atomic E-state index is 0.151. The Morgan fingerprint density at radius 1 is 1.56 bits per heavy atom. The quantitative estimate of drug-likeness (QED) is 0.837. The van der Waals surface area contributed by atoms with Crippen molar-refractivity contribution in [1.29, 1.82) is 5.26 Å². The Hall–Kier alpha value is -0.890. The third-order valence-electron chi connectivity index (χ3n) is 2.14. The van der Waals surface area contributed by atoms with Gasteiger partial charge in [0, 0.05) is 17.2 Å². The number of nitriles is 1. The number of rotatable bonds is 5. The summed E-state index contributed by atoms with van der Waals surface area (Å²) in [4.78, 5) is 11.9. The molecule has 0 spiro atoms. The van der Waals surface area contributed by atoms with Gasteiger partial charge >= 0.3 is 0 Å². The lowest BCUT2D eigenvalue weighted by Crippen LogP contribution is -2.22. The number of nitrogens with one attached hydrogen (secondary N) is 1. The van der Waals surface area contributed by atoms with Crippen molar-refractivity contribution in [2.75, 3.05) is 11.1 Å². The Morgan fingerprint density at radius 3 is 2.94 bits per heavy atom. The summed E-state index contributed by atoms with van der Waals surface area (Å²) in [5.41, 5.74) is 0.502. The molecule has 0 aliphatic heterocycles. The summed E-state index contributed by atoms with van der Waals surface area (Å²) in [5.74, 6) is 0.482. The average molecular weight is 303 g/mol. The fraction of sp³-hybridized carbons (Fsp3) is 0.333. The maximum Gasteiger partial charge on any atom is 0.237 e. The lowest BCUT2D eigenvalue weighted by atomic mass is 10.3. The van der Waals surface area contributed by atoms with Gasteiger partial charge < -0.3 is 5.32 Å². The van der Waals surface area contributed by atoms with E-state index in [9.17, 15) is 4.79 Å². The Bertz CT molecular complexity index is 474. The molecule has 0 fully saturated rings. The van der Waals surface area contributed by atoms with Gasteiger partial charge in [0.15, 0.2) is 0 Å². The number of hydrogen-bond donors (Lipinski definition) is 1. The summed E-state index contributed by atoms with van der Waals surface area (Å²) in [7, 11) is 0. The van der Waals surface area contributed by atoms with Crippen LogP contribution in [0.5, 0.6) is 0 Å². The first-order valence-corrected chi connectivity index (χ1v) is 7.09. The maximum atomic E-state index is 11.9. The molecule has 3 nitrogen and oxygen atoms in total. The molecule has 0 aliphatic rings. The second-order valence-electron chi connectivity index (χ2n) is 3.53. The van der Waals surface area contributed by atoms with Crippen LogP contribution in [-0.4, -0.2) is 16.9 Å². The SMILES string of the molecule is CC(SCCC#N)C(=O)Nc1cc(Cl)ccc1Cl. The molecule has 1 aromatic carbocycles. The normalized spacial score (nSPS) is 11.7. The molecule has 1 aromatic rings. The molecule has 1 atom stereocenters. The van der Waals surface area contributed by atoms with Crippen LogP contribution in [0.25, 0.3) is 0 Å². The Morgan fingerprint density at radius 2 is 2.28 bits per heavy atom. The summed E-state index contributed by atoms with van der Waals surface area (Å²) >= 11 is 13.2. The van der Waals surface area contributed by atoms with Crippen molar-refractivity contribution in [2.45, 2.75) is 18.6 Å². The van der Waals surface area contributed by atoms with E-state index in [2.05, 4.69) is 5.32 Å². The van der Waals surface area contributed by atoms with Gasteiger partial charge in [0.2, 0.25) is 5.91 Å². The minimum Gasteiger partial charge on any atom is -0.324 e. The van der Waals surface area contributed by atoms with Crippen LogP contribution in [-0.2, 0) is 4.79 Å². The fourth-order valence-corrected chi connectivity index (χ4v) is 2.29. The highest BCUT2D eigenvalue weighted by molar-refractivity contribution is 8.00. The first kappa shape index (κ1) is 15.2. The molecule has 96 valence electrons. The van der Waals surface area contributed by atoms with E-state index in [4.69, 9.17) is 28.5 Å². The number of carbonyl (C=O) groups excluding carboxylic acids is 1. The highest BCUT2D eigenvalue weighted by Gasteiger charge is 2.14. The van der Waals surface area contributed by atoms with Crippen LogP contribution in [0.4, 0.5) is 5.69 Å². The molecule has 0 aliphatic carbocycles. The molecular formula is C12H12Cl2N2OS. The monoisotopic (exact) mass is 302 g/mol. The van der Waals surface area contributed by atoms with Gasteiger partial charge in [0.1, 0.15) is 0 Å².